The van der Waals surface area contributed by atoms with Gasteiger partial charge in [0.2, 0.25) is 0 Å². The SMILES string of the molecule is C[C@H](c1nc2c(cnn2C2CCOCC2)c(=O)[nH]1)N1CC(Oc2ccccc2)C1. The number of para-hydroxylation sites is 1. The third-order valence-electron chi connectivity index (χ3n) is 5.88. The van der Waals surface area contributed by atoms with E-state index >= 15 is 0 Å². The van der Waals surface area contributed by atoms with Crippen LogP contribution in [-0.2, 0) is 4.74 Å². The molecule has 0 unspecified atom stereocenters. The lowest BCUT2D eigenvalue weighted by Crippen LogP contribution is -2.54. The van der Waals surface area contributed by atoms with E-state index in [-0.39, 0.29) is 23.7 Å². The molecule has 2 aliphatic rings. The van der Waals surface area contributed by atoms with Crippen LogP contribution in [0.5, 0.6) is 5.75 Å². The van der Waals surface area contributed by atoms with Gasteiger partial charge in [-0.3, -0.25) is 9.69 Å². The monoisotopic (exact) mass is 395 g/mol. The van der Waals surface area contributed by atoms with Crippen molar-refractivity contribution in [2.45, 2.75) is 38.0 Å². The zero-order valence-corrected chi connectivity index (χ0v) is 16.5. The second-order valence-corrected chi connectivity index (χ2v) is 7.80. The van der Waals surface area contributed by atoms with Gasteiger partial charge in [0.15, 0.2) is 5.65 Å². The summed E-state index contributed by atoms with van der Waals surface area (Å²) in [6, 6.07) is 10.1. The molecule has 5 rings (SSSR count). The largest absolute Gasteiger partial charge is 0.488 e. The van der Waals surface area contributed by atoms with Crippen LogP contribution in [-0.4, -0.2) is 57.1 Å². The number of ether oxygens (including phenoxy) is 2. The molecule has 0 spiro atoms. The van der Waals surface area contributed by atoms with Gasteiger partial charge in [0.1, 0.15) is 23.1 Å². The zero-order chi connectivity index (χ0) is 19.8. The summed E-state index contributed by atoms with van der Waals surface area (Å²) in [6.45, 7) is 5.11. The van der Waals surface area contributed by atoms with Gasteiger partial charge in [0.25, 0.3) is 5.56 Å². The fraction of sp³-hybridized carbons (Fsp3) is 0.476. The fourth-order valence-corrected chi connectivity index (χ4v) is 4.07. The normalized spacial score (nSPS) is 19.9. The summed E-state index contributed by atoms with van der Waals surface area (Å²) in [5, 5.41) is 5.01. The molecule has 2 aliphatic heterocycles. The summed E-state index contributed by atoms with van der Waals surface area (Å²) in [5.74, 6) is 1.56. The predicted octanol–water partition coefficient (Wildman–Crippen LogP) is 2.30. The smallest absolute Gasteiger partial charge is 0.262 e. The van der Waals surface area contributed by atoms with Gasteiger partial charge in [-0.25, -0.2) is 9.67 Å². The minimum Gasteiger partial charge on any atom is -0.488 e. The average molecular weight is 395 g/mol. The number of H-pyrrole nitrogens is 1. The topological polar surface area (TPSA) is 85.3 Å². The number of aromatic amines is 1. The highest BCUT2D eigenvalue weighted by atomic mass is 16.5. The van der Waals surface area contributed by atoms with Gasteiger partial charge in [-0.15, -0.1) is 0 Å². The Morgan fingerprint density at radius 3 is 2.72 bits per heavy atom. The summed E-state index contributed by atoms with van der Waals surface area (Å²) in [6.07, 6.45) is 3.56. The Hall–Kier alpha value is -2.71. The molecule has 0 aliphatic carbocycles. The number of nitrogens with zero attached hydrogens (tertiary/aromatic N) is 4. The van der Waals surface area contributed by atoms with Crippen molar-refractivity contribution in [3.05, 3.63) is 52.7 Å². The van der Waals surface area contributed by atoms with Crippen molar-refractivity contribution >= 4 is 11.0 Å². The maximum atomic E-state index is 12.6. The molecule has 3 aromatic rings. The Labute approximate surface area is 168 Å². The van der Waals surface area contributed by atoms with Crippen LogP contribution in [0.4, 0.5) is 0 Å². The van der Waals surface area contributed by atoms with Crippen molar-refractivity contribution < 1.29 is 9.47 Å². The van der Waals surface area contributed by atoms with Crippen LogP contribution in [0.25, 0.3) is 11.0 Å². The molecule has 152 valence electrons. The summed E-state index contributed by atoms with van der Waals surface area (Å²) in [7, 11) is 0. The molecule has 1 aromatic carbocycles. The first-order valence-corrected chi connectivity index (χ1v) is 10.2. The van der Waals surface area contributed by atoms with E-state index < -0.39 is 0 Å². The molecule has 8 heteroatoms. The summed E-state index contributed by atoms with van der Waals surface area (Å²) in [4.78, 5) is 22.6. The van der Waals surface area contributed by atoms with Gasteiger partial charge >= 0.3 is 0 Å². The predicted molar refractivity (Wildman–Crippen MR) is 108 cm³/mol. The van der Waals surface area contributed by atoms with Crippen molar-refractivity contribution in [3.8, 4) is 5.75 Å². The number of aromatic nitrogens is 4. The maximum absolute atomic E-state index is 12.6. The van der Waals surface area contributed by atoms with Gasteiger partial charge in [-0.05, 0) is 31.9 Å². The number of rotatable bonds is 5. The molecule has 2 fully saturated rings. The quantitative estimate of drug-likeness (QED) is 0.714. The van der Waals surface area contributed by atoms with Crippen LogP contribution in [0.15, 0.2) is 41.3 Å². The standard InChI is InChI=1S/C21H25N5O3/c1-14(25-12-17(13-25)29-16-5-3-2-4-6-16)19-23-20-18(21(27)24-19)11-22-26(20)15-7-9-28-10-8-15/h2-6,11,14-15,17H,7-10,12-13H2,1H3,(H,23,24,27)/t14-/m1/s1. The molecule has 0 saturated carbocycles. The molecule has 8 nitrogen and oxygen atoms in total. The van der Waals surface area contributed by atoms with E-state index in [1.54, 1.807) is 6.20 Å². The lowest BCUT2D eigenvalue weighted by Gasteiger charge is -2.42. The number of hydrogen-bond acceptors (Lipinski definition) is 6. The second-order valence-electron chi connectivity index (χ2n) is 7.80. The molecule has 0 radical (unpaired) electrons. The lowest BCUT2D eigenvalue weighted by molar-refractivity contribution is -0.00735. The third-order valence-corrected chi connectivity index (χ3v) is 5.88. The molecule has 1 atom stereocenters. The molecule has 2 aromatic heterocycles. The minimum atomic E-state index is -0.132. The first-order chi connectivity index (χ1) is 14.2. The zero-order valence-electron chi connectivity index (χ0n) is 16.5. The van der Waals surface area contributed by atoms with Gasteiger partial charge in [0.05, 0.1) is 18.3 Å². The van der Waals surface area contributed by atoms with Crippen molar-refractivity contribution in [2.75, 3.05) is 26.3 Å². The van der Waals surface area contributed by atoms with Crippen molar-refractivity contribution in [3.63, 3.8) is 0 Å². The van der Waals surface area contributed by atoms with Crippen LogP contribution < -0.4 is 10.3 Å². The van der Waals surface area contributed by atoms with Crippen molar-refractivity contribution in [2.24, 2.45) is 0 Å². The van der Waals surface area contributed by atoms with E-state index in [9.17, 15) is 4.79 Å². The van der Waals surface area contributed by atoms with Crippen LogP contribution in [0.2, 0.25) is 0 Å². The van der Waals surface area contributed by atoms with Gasteiger partial charge in [-0.1, -0.05) is 18.2 Å². The molecule has 0 bridgehead atoms. The molecular formula is C21H25N5O3. The number of benzene rings is 1. The molecule has 0 amide bonds. The molecule has 2 saturated heterocycles. The Kier molecular flexibility index (Phi) is 4.81. The van der Waals surface area contributed by atoms with Crippen LogP contribution in [0.3, 0.4) is 0 Å². The first-order valence-electron chi connectivity index (χ1n) is 10.2. The highest BCUT2D eigenvalue weighted by Gasteiger charge is 2.34. The Bertz CT molecular complexity index is 1040. The van der Waals surface area contributed by atoms with E-state index in [1.165, 1.54) is 0 Å². The fourth-order valence-electron chi connectivity index (χ4n) is 4.07. The van der Waals surface area contributed by atoms with Crippen molar-refractivity contribution in [1.82, 2.24) is 24.6 Å². The summed E-state index contributed by atoms with van der Waals surface area (Å²) >= 11 is 0. The Balaban J connectivity index is 1.33. The first kappa shape index (κ1) is 18.3. The van der Waals surface area contributed by atoms with Crippen LogP contribution >= 0.6 is 0 Å². The van der Waals surface area contributed by atoms with Gasteiger partial charge < -0.3 is 14.5 Å². The van der Waals surface area contributed by atoms with Crippen LogP contribution in [0, 0.1) is 0 Å². The van der Waals surface area contributed by atoms with Gasteiger partial charge in [0, 0.05) is 26.3 Å². The Morgan fingerprint density at radius 1 is 1.21 bits per heavy atom. The number of likely N-dealkylation sites (tertiary alicyclic amines) is 1. The van der Waals surface area contributed by atoms with Gasteiger partial charge in [-0.2, -0.15) is 5.10 Å². The molecule has 1 N–H and O–H groups in total. The van der Waals surface area contributed by atoms with E-state index in [0.717, 1.165) is 44.9 Å². The molecular weight excluding hydrogens is 370 g/mol. The van der Waals surface area contributed by atoms with E-state index in [1.807, 2.05) is 35.0 Å². The van der Waals surface area contributed by atoms with Crippen molar-refractivity contribution in [1.29, 1.82) is 0 Å². The number of nitrogens with one attached hydrogen (secondary N) is 1. The third kappa shape index (κ3) is 3.54. The number of hydrogen-bond donors (Lipinski definition) is 1. The maximum Gasteiger partial charge on any atom is 0.262 e. The van der Waals surface area contributed by atoms with E-state index in [4.69, 9.17) is 14.5 Å². The lowest BCUT2D eigenvalue weighted by atomic mass is 10.1. The Morgan fingerprint density at radius 2 is 1.97 bits per heavy atom. The average Bonchev–Trinajstić information content (AvgIpc) is 3.16. The van der Waals surface area contributed by atoms with E-state index in [2.05, 4.69) is 21.9 Å². The highest BCUT2D eigenvalue weighted by molar-refractivity contribution is 5.73. The highest BCUT2D eigenvalue weighted by Crippen LogP contribution is 2.27. The summed E-state index contributed by atoms with van der Waals surface area (Å²) < 4.78 is 13.3. The molecule has 29 heavy (non-hydrogen) atoms. The second kappa shape index (κ2) is 7.61. The minimum absolute atomic E-state index is 0.000706. The summed E-state index contributed by atoms with van der Waals surface area (Å²) in [5.41, 5.74) is 0.535. The number of fused-ring (bicyclic) bond motifs is 1. The van der Waals surface area contributed by atoms with E-state index in [0.29, 0.717) is 16.9 Å². The van der Waals surface area contributed by atoms with Crippen LogP contribution in [0.1, 0.15) is 37.7 Å². The molecule has 4 heterocycles.